The number of hydrogen-bond acceptors (Lipinski definition) is 1. The van der Waals surface area contributed by atoms with Crippen LogP contribution < -0.4 is 0 Å². The van der Waals surface area contributed by atoms with Crippen LogP contribution in [0.15, 0.2) is 18.2 Å². The molecule has 0 spiro atoms. The molecular weight excluding hydrogens is 215 g/mol. The van der Waals surface area contributed by atoms with E-state index in [4.69, 9.17) is 11.6 Å². The maximum atomic E-state index is 13.0. The Labute approximate surface area is 94.9 Å². The van der Waals surface area contributed by atoms with Crippen molar-refractivity contribution in [2.24, 2.45) is 5.92 Å². The molecule has 0 heterocycles. The van der Waals surface area contributed by atoms with Crippen LogP contribution in [0.2, 0.25) is 5.02 Å². The fourth-order valence-corrected chi connectivity index (χ4v) is 2.14. The quantitative estimate of drug-likeness (QED) is 0.839. The van der Waals surface area contributed by atoms with E-state index in [9.17, 15) is 9.50 Å². The summed E-state index contributed by atoms with van der Waals surface area (Å²) < 4.78 is 13.0. The number of halogens is 2. The summed E-state index contributed by atoms with van der Waals surface area (Å²) in [5, 5.41) is 10.6. The van der Waals surface area contributed by atoms with Gasteiger partial charge in [0.15, 0.2) is 0 Å². The van der Waals surface area contributed by atoms with Gasteiger partial charge >= 0.3 is 0 Å². The second kappa shape index (κ2) is 4.50. The molecule has 0 saturated heterocycles. The highest BCUT2D eigenvalue weighted by Crippen LogP contribution is 2.33. The van der Waals surface area contributed by atoms with E-state index in [0.717, 1.165) is 0 Å². The summed E-state index contributed by atoms with van der Waals surface area (Å²) in [5.41, 5.74) is -0.620. The number of hydrogen-bond donors (Lipinski definition) is 1. The lowest BCUT2D eigenvalue weighted by Crippen LogP contribution is -2.24. The highest BCUT2D eigenvalue weighted by atomic mass is 35.5. The van der Waals surface area contributed by atoms with Crippen molar-refractivity contribution >= 4 is 11.6 Å². The van der Waals surface area contributed by atoms with Gasteiger partial charge in [-0.05, 0) is 37.5 Å². The molecule has 0 aliphatic heterocycles. The van der Waals surface area contributed by atoms with Gasteiger partial charge in [0.05, 0.1) is 5.60 Å². The molecule has 0 amide bonds. The molecule has 0 radical (unpaired) electrons. The topological polar surface area (TPSA) is 20.2 Å². The first-order chi connectivity index (χ1) is 6.83. The Balaban J connectivity index is 3.08. The molecule has 15 heavy (non-hydrogen) atoms. The lowest BCUT2D eigenvalue weighted by atomic mass is 9.87. The van der Waals surface area contributed by atoms with E-state index in [1.54, 1.807) is 6.92 Å². The van der Waals surface area contributed by atoms with Crippen LogP contribution in [0.3, 0.4) is 0 Å². The molecule has 0 saturated carbocycles. The second-order valence-electron chi connectivity index (χ2n) is 4.50. The Bertz CT molecular complexity index is 347. The minimum atomic E-state index is -1.08. The van der Waals surface area contributed by atoms with Crippen molar-refractivity contribution in [2.45, 2.75) is 32.8 Å². The SMILES string of the molecule is CC(C)CC(C)(O)c1cc(F)ccc1Cl. The van der Waals surface area contributed by atoms with Crippen molar-refractivity contribution in [3.05, 3.63) is 34.6 Å². The zero-order chi connectivity index (χ0) is 11.6. The van der Waals surface area contributed by atoms with Gasteiger partial charge in [-0.2, -0.15) is 0 Å². The molecule has 0 bridgehead atoms. The maximum absolute atomic E-state index is 13.0. The zero-order valence-corrected chi connectivity index (χ0v) is 9.98. The highest BCUT2D eigenvalue weighted by molar-refractivity contribution is 6.31. The third kappa shape index (κ3) is 3.18. The van der Waals surface area contributed by atoms with Crippen LogP contribution in [-0.4, -0.2) is 5.11 Å². The Morgan fingerprint density at radius 2 is 2.07 bits per heavy atom. The minimum Gasteiger partial charge on any atom is -0.385 e. The van der Waals surface area contributed by atoms with E-state index in [1.165, 1.54) is 18.2 Å². The van der Waals surface area contributed by atoms with Crippen LogP contribution in [0.4, 0.5) is 4.39 Å². The first-order valence-corrected chi connectivity index (χ1v) is 5.38. The van der Waals surface area contributed by atoms with Gasteiger partial charge in [0, 0.05) is 10.6 Å². The van der Waals surface area contributed by atoms with Gasteiger partial charge < -0.3 is 5.11 Å². The van der Waals surface area contributed by atoms with E-state index < -0.39 is 5.60 Å². The molecule has 1 rings (SSSR count). The molecule has 84 valence electrons. The zero-order valence-electron chi connectivity index (χ0n) is 9.22. The predicted octanol–water partition coefficient (Wildman–Crippen LogP) is 3.73. The van der Waals surface area contributed by atoms with E-state index >= 15 is 0 Å². The van der Waals surface area contributed by atoms with Gasteiger partial charge in [-0.3, -0.25) is 0 Å². The van der Waals surface area contributed by atoms with Crippen molar-refractivity contribution in [3.63, 3.8) is 0 Å². The number of benzene rings is 1. The van der Waals surface area contributed by atoms with Crippen LogP contribution in [-0.2, 0) is 5.60 Å². The molecule has 0 aliphatic rings. The van der Waals surface area contributed by atoms with Crippen molar-refractivity contribution in [3.8, 4) is 0 Å². The summed E-state index contributed by atoms with van der Waals surface area (Å²) in [7, 11) is 0. The molecule has 0 aliphatic carbocycles. The van der Waals surface area contributed by atoms with Crippen LogP contribution >= 0.6 is 11.6 Å². The van der Waals surface area contributed by atoms with Crippen LogP contribution in [0.5, 0.6) is 0 Å². The number of rotatable bonds is 3. The Hall–Kier alpha value is -0.600. The summed E-state index contributed by atoms with van der Waals surface area (Å²) >= 11 is 5.94. The number of aliphatic hydroxyl groups is 1. The van der Waals surface area contributed by atoms with Gasteiger partial charge in [0.25, 0.3) is 0 Å². The predicted molar refractivity (Wildman–Crippen MR) is 60.4 cm³/mol. The highest BCUT2D eigenvalue weighted by Gasteiger charge is 2.27. The van der Waals surface area contributed by atoms with Gasteiger partial charge in [-0.15, -0.1) is 0 Å². The molecule has 1 aromatic rings. The second-order valence-corrected chi connectivity index (χ2v) is 4.90. The maximum Gasteiger partial charge on any atom is 0.123 e. The molecule has 1 atom stereocenters. The average molecular weight is 231 g/mol. The van der Waals surface area contributed by atoms with E-state index in [-0.39, 0.29) is 5.82 Å². The summed E-state index contributed by atoms with van der Waals surface area (Å²) in [6, 6.07) is 4.06. The lowest BCUT2D eigenvalue weighted by molar-refractivity contribution is 0.0347. The largest absolute Gasteiger partial charge is 0.385 e. The molecule has 3 heteroatoms. The molecular formula is C12H16ClFO. The minimum absolute atomic E-state index is 0.319. The van der Waals surface area contributed by atoms with Gasteiger partial charge in [0.1, 0.15) is 5.82 Å². The molecule has 0 aromatic heterocycles. The Kier molecular flexibility index (Phi) is 3.74. The van der Waals surface area contributed by atoms with Crippen LogP contribution in [0, 0.1) is 11.7 Å². The third-order valence-corrected chi connectivity index (χ3v) is 2.64. The van der Waals surface area contributed by atoms with E-state index in [0.29, 0.717) is 22.9 Å². The summed E-state index contributed by atoms with van der Waals surface area (Å²) in [6.07, 6.45) is 0.552. The Morgan fingerprint density at radius 3 is 2.60 bits per heavy atom. The lowest BCUT2D eigenvalue weighted by Gasteiger charge is -2.26. The summed E-state index contributed by atoms with van der Waals surface area (Å²) in [6.45, 7) is 5.66. The monoisotopic (exact) mass is 230 g/mol. The van der Waals surface area contributed by atoms with Gasteiger partial charge in [0.2, 0.25) is 0 Å². The molecule has 1 nitrogen and oxygen atoms in total. The third-order valence-electron chi connectivity index (χ3n) is 2.31. The first kappa shape index (κ1) is 12.5. The average Bonchev–Trinajstić information content (AvgIpc) is 2.06. The smallest absolute Gasteiger partial charge is 0.123 e. The molecule has 1 unspecified atom stereocenters. The standard InChI is InChI=1S/C12H16ClFO/c1-8(2)7-12(3,15)10-6-9(14)4-5-11(10)13/h4-6,8,15H,7H2,1-3H3. The normalized spacial score (nSPS) is 15.4. The summed E-state index contributed by atoms with van der Waals surface area (Å²) in [4.78, 5) is 0. The Morgan fingerprint density at radius 1 is 1.47 bits per heavy atom. The molecule has 0 fully saturated rings. The van der Waals surface area contributed by atoms with Crippen molar-refractivity contribution in [1.82, 2.24) is 0 Å². The molecule has 1 aromatic carbocycles. The first-order valence-electron chi connectivity index (χ1n) is 5.01. The van der Waals surface area contributed by atoms with Gasteiger partial charge in [-0.25, -0.2) is 4.39 Å². The van der Waals surface area contributed by atoms with Crippen LogP contribution in [0.1, 0.15) is 32.8 Å². The van der Waals surface area contributed by atoms with E-state index in [1.807, 2.05) is 13.8 Å². The van der Waals surface area contributed by atoms with Crippen molar-refractivity contribution in [1.29, 1.82) is 0 Å². The van der Waals surface area contributed by atoms with Gasteiger partial charge in [-0.1, -0.05) is 25.4 Å². The molecule has 1 N–H and O–H groups in total. The fourth-order valence-electron chi connectivity index (χ4n) is 1.82. The van der Waals surface area contributed by atoms with Crippen LogP contribution in [0.25, 0.3) is 0 Å². The summed E-state index contributed by atoms with van der Waals surface area (Å²) in [5.74, 6) is -0.0576. The van der Waals surface area contributed by atoms with E-state index in [2.05, 4.69) is 0 Å². The van der Waals surface area contributed by atoms with Crippen molar-refractivity contribution in [2.75, 3.05) is 0 Å². The fraction of sp³-hybridized carbons (Fsp3) is 0.500. The van der Waals surface area contributed by atoms with Crippen molar-refractivity contribution < 1.29 is 9.50 Å².